The van der Waals surface area contributed by atoms with Gasteiger partial charge in [-0.05, 0) is 32.1 Å². The normalized spacial score (nSPS) is 20.6. The molecule has 17 heavy (non-hydrogen) atoms. The van der Waals surface area contributed by atoms with Crippen LogP contribution in [0.5, 0.6) is 0 Å². The molecule has 4 nitrogen and oxygen atoms in total. The Hall–Kier alpha value is -1.16. The predicted molar refractivity (Wildman–Crippen MR) is 68.0 cm³/mol. The van der Waals surface area contributed by atoms with Gasteiger partial charge in [-0.3, -0.25) is 4.98 Å². The second kappa shape index (κ2) is 5.00. The van der Waals surface area contributed by atoms with E-state index in [4.69, 9.17) is 0 Å². The second-order valence-electron chi connectivity index (χ2n) is 5.07. The summed E-state index contributed by atoms with van der Waals surface area (Å²) in [6.07, 6.45) is 10.4. The summed E-state index contributed by atoms with van der Waals surface area (Å²) in [6.45, 7) is 3.13. The van der Waals surface area contributed by atoms with E-state index in [1.54, 1.807) is 0 Å². The fourth-order valence-corrected chi connectivity index (χ4v) is 2.26. The topological polar surface area (TPSA) is 41.1 Å². The minimum atomic E-state index is 0.735. The van der Waals surface area contributed by atoms with Gasteiger partial charge in [0, 0.05) is 25.7 Å². The Balaban J connectivity index is 1.58. The lowest BCUT2D eigenvalue weighted by Gasteiger charge is -2.27. The van der Waals surface area contributed by atoms with E-state index >= 15 is 0 Å². The molecule has 0 radical (unpaired) electrons. The Morgan fingerprint density at radius 3 is 2.59 bits per heavy atom. The smallest absolute Gasteiger partial charge is 0.147 e. The van der Waals surface area contributed by atoms with E-state index in [1.165, 1.54) is 32.1 Å². The number of piperidine rings is 1. The van der Waals surface area contributed by atoms with Crippen LogP contribution in [0.25, 0.3) is 0 Å². The molecule has 1 saturated heterocycles. The average Bonchev–Trinajstić information content (AvgIpc) is 3.22. The van der Waals surface area contributed by atoms with Crippen molar-refractivity contribution in [3.05, 3.63) is 18.1 Å². The van der Waals surface area contributed by atoms with Gasteiger partial charge < -0.3 is 10.2 Å². The first-order valence-corrected chi connectivity index (χ1v) is 6.71. The lowest BCUT2D eigenvalue weighted by Crippen LogP contribution is -2.30. The third-order valence-corrected chi connectivity index (χ3v) is 3.52. The van der Waals surface area contributed by atoms with Crippen molar-refractivity contribution < 1.29 is 0 Å². The van der Waals surface area contributed by atoms with Crippen molar-refractivity contribution in [3.8, 4) is 0 Å². The van der Waals surface area contributed by atoms with Gasteiger partial charge in [0.05, 0.1) is 18.1 Å². The highest BCUT2D eigenvalue weighted by atomic mass is 15.2. The van der Waals surface area contributed by atoms with Gasteiger partial charge in [-0.15, -0.1) is 0 Å². The molecule has 1 aromatic rings. The van der Waals surface area contributed by atoms with Crippen LogP contribution in [0.2, 0.25) is 0 Å². The first-order valence-electron chi connectivity index (χ1n) is 6.71. The van der Waals surface area contributed by atoms with Crippen LogP contribution < -0.4 is 10.2 Å². The maximum atomic E-state index is 4.52. The second-order valence-corrected chi connectivity index (χ2v) is 5.07. The SMILES string of the molecule is c1nc(N2CCCCC2)cnc1CNC1CC1. The molecule has 1 N–H and O–H groups in total. The Morgan fingerprint density at radius 2 is 1.94 bits per heavy atom. The van der Waals surface area contributed by atoms with Crippen LogP contribution in [-0.4, -0.2) is 29.1 Å². The van der Waals surface area contributed by atoms with Crippen LogP contribution in [0.3, 0.4) is 0 Å². The summed E-state index contributed by atoms with van der Waals surface area (Å²) in [4.78, 5) is 11.4. The van der Waals surface area contributed by atoms with Crippen LogP contribution in [0.4, 0.5) is 5.82 Å². The molecule has 4 heteroatoms. The van der Waals surface area contributed by atoms with E-state index < -0.39 is 0 Å². The fraction of sp³-hybridized carbons (Fsp3) is 0.692. The fourth-order valence-electron chi connectivity index (χ4n) is 2.26. The number of aromatic nitrogens is 2. The van der Waals surface area contributed by atoms with E-state index in [0.717, 1.165) is 37.2 Å². The number of nitrogens with zero attached hydrogens (tertiary/aromatic N) is 3. The molecule has 2 aliphatic rings. The summed E-state index contributed by atoms with van der Waals surface area (Å²) >= 11 is 0. The molecule has 1 aromatic heterocycles. The largest absolute Gasteiger partial charge is 0.355 e. The van der Waals surface area contributed by atoms with E-state index in [-0.39, 0.29) is 0 Å². The first kappa shape index (κ1) is 11.0. The highest BCUT2D eigenvalue weighted by molar-refractivity contribution is 5.36. The molecular weight excluding hydrogens is 212 g/mol. The highest BCUT2D eigenvalue weighted by Gasteiger charge is 2.20. The van der Waals surface area contributed by atoms with Gasteiger partial charge in [-0.1, -0.05) is 0 Å². The van der Waals surface area contributed by atoms with E-state index in [9.17, 15) is 0 Å². The minimum Gasteiger partial charge on any atom is -0.355 e. The predicted octanol–water partition coefficient (Wildman–Crippen LogP) is 1.72. The maximum Gasteiger partial charge on any atom is 0.147 e. The Bertz CT molecular complexity index is 352. The lowest BCUT2D eigenvalue weighted by molar-refractivity contribution is 0.572. The number of nitrogens with one attached hydrogen (secondary N) is 1. The molecule has 92 valence electrons. The zero-order valence-corrected chi connectivity index (χ0v) is 10.2. The summed E-state index contributed by atoms with van der Waals surface area (Å²) in [6, 6.07) is 0.735. The standard InChI is InChI=1S/C13H20N4/c1-2-6-17(7-3-1)13-10-15-12(9-16-13)8-14-11-4-5-11/h9-11,14H,1-8H2. The van der Waals surface area contributed by atoms with Gasteiger partial charge in [0.15, 0.2) is 0 Å². The zero-order chi connectivity index (χ0) is 11.5. The first-order chi connectivity index (χ1) is 8.42. The average molecular weight is 232 g/mol. The Labute approximate surface area is 102 Å². The number of rotatable bonds is 4. The lowest BCUT2D eigenvalue weighted by atomic mass is 10.1. The van der Waals surface area contributed by atoms with Crippen molar-refractivity contribution in [2.75, 3.05) is 18.0 Å². The van der Waals surface area contributed by atoms with Gasteiger partial charge in [-0.25, -0.2) is 4.98 Å². The zero-order valence-electron chi connectivity index (χ0n) is 10.2. The molecule has 1 aliphatic carbocycles. The highest BCUT2D eigenvalue weighted by Crippen LogP contribution is 2.19. The summed E-state index contributed by atoms with van der Waals surface area (Å²) < 4.78 is 0. The van der Waals surface area contributed by atoms with Gasteiger partial charge >= 0.3 is 0 Å². The molecular formula is C13H20N4. The van der Waals surface area contributed by atoms with Crippen LogP contribution >= 0.6 is 0 Å². The molecule has 3 rings (SSSR count). The van der Waals surface area contributed by atoms with Crippen molar-refractivity contribution in [3.63, 3.8) is 0 Å². The quantitative estimate of drug-likeness (QED) is 0.858. The molecule has 1 saturated carbocycles. The van der Waals surface area contributed by atoms with Crippen molar-refractivity contribution in [1.29, 1.82) is 0 Å². The van der Waals surface area contributed by atoms with Gasteiger partial charge in [0.25, 0.3) is 0 Å². The molecule has 1 aliphatic heterocycles. The third kappa shape index (κ3) is 2.94. The molecule has 0 unspecified atom stereocenters. The van der Waals surface area contributed by atoms with Crippen LogP contribution in [0, 0.1) is 0 Å². The maximum absolute atomic E-state index is 4.52. The number of anilines is 1. The molecule has 0 atom stereocenters. The van der Waals surface area contributed by atoms with E-state index in [1.807, 2.05) is 12.4 Å². The number of hydrogen-bond donors (Lipinski definition) is 1. The third-order valence-electron chi connectivity index (χ3n) is 3.52. The molecule has 0 aromatic carbocycles. The van der Waals surface area contributed by atoms with E-state index in [2.05, 4.69) is 20.2 Å². The summed E-state index contributed by atoms with van der Waals surface area (Å²) in [5, 5.41) is 3.46. The van der Waals surface area contributed by atoms with Crippen LogP contribution in [0.15, 0.2) is 12.4 Å². The summed E-state index contributed by atoms with van der Waals surface area (Å²) in [5.74, 6) is 1.04. The van der Waals surface area contributed by atoms with Crippen LogP contribution in [0.1, 0.15) is 37.8 Å². The Kier molecular flexibility index (Phi) is 3.22. The summed E-state index contributed by atoms with van der Waals surface area (Å²) in [7, 11) is 0. The molecule has 0 bridgehead atoms. The van der Waals surface area contributed by atoms with E-state index in [0.29, 0.717) is 0 Å². The van der Waals surface area contributed by atoms with Crippen molar-refractivity contribution >= 4 is 5.82 Å². The minimum absolute atomic E-state index is 0.735. The van der Waals surface area contributed by atoms with Crippen LogP contribution in [-0.2, 0) is 6.54 Å². The van der Waals surface area contributed by atoms with Gasteiger partial charge in [-0.2, -0.15) is 0 Å². The number of hydrogen-bond acceptors (Lipinski definition) is 4. The van der Waals surface area contributed by atoms with Crippen molar-refractivity contribution in [2.24, 2.45) is 0 Å². The molecule has 2 heterocycles. The van der Waals surface area contributed by atoms with Crippen molar-refractivity contribution in [2.45, 2.75) is 44.7 Å². The monoisotopic (exact) mass is 232 g/mol. The van der Waals surface area contributed by atoms with Crippen molar-refractivity contribution in [1.82, 2.24) is 15.3 Å². The summed E-state index contributed by atoms with van der Waals surface area (Å²) in [5.41, 5.74) is 1.05. The molecule has 0 amide bonds. The van der Waals surface area contributed by atoms with Gasteiger partial charge in [0.2, 0.25) is 0 Å². The Morgan fingerprint density at radius 1 is 1.12 bits per heavy atom. The van der Waals surface area contributed by atoms with Gasteiger partial charge in [0.1, 0.15) is 5.82 Å². The molecule has 0 spiro atoms. The molecule has 2 fully saturated rings.